The quantitative estimate of drug-likeness (QED) is 0.784. The minimum absolute atomic E-state index is 0.419. The minimum Gasteiger partial charge on any atom is -0.454 e. The Balaban J connectivity index is 2.35. The van der Waals surface area contributed by atoms with E-state index in [-0.39, 0.29) is 0 Å². The summed E-state index contributed by atoms with van der Waals surface area (Å²) in [7, 11) is 0. The van der Waals surface area contributed by atoms with Crippen molar-refractivity contribution in [2.45, 2.75) is 0 Å². The summed E-state index contributed by atoms with van der Waals surface area (Å²) in [6.45, 7) is 0. The van der Waals surface area contributed by atoms with Crippen molar-refractivity contribution >= 4 is 23.0 Å². The number of rotatable bonds is 2. The van der Waals surface area contributed by atoms with Crippen LogP contribution in [0, 0.1) is 0 Å². The summed E-state index contributed by atoms with van der Waals surface area (Å²) < 4.78 is 5.58. The molecule has 0 aromatic heterocycles. The van der Waals surface area contributed by atoms with Gasteiger partial charge in [0, 0.05) is 0 Å². The van der Waals surface area contributed by atoms with Gasteiger partial charge in [0.05, 0.1) is 16.4 Å². The molecule has 0 aliphatic heterocycles. The Labute approximate surface area is 98.6 Å². The highest BCUT2D eigenvalue weighted by Crippen LogP contribution is 2.34. The van der Waals surface area contributed by atoms with E-state index in [4.69, 9.17) is 27.8 Å². The lowest BCUT2D eigenvalue weighted by Gasteiger charge is -2.10. The number of nitrogens with two attached hydrogens (primary N) is 2. The lowest BCUT2D eigenvalue weighted by Crippen LogP contribution is -1.97. The van der Waals surface area contributed by atoms with Crippen LogP contribution in [-0.2, 0) is 0 Å². The van der Waals surface area contributed by atoms with E-state index in [9.17, 15) is 0 Å². The summed E-state index contributed by atoms with van der Waals surface area (Å²) in [4.78, 5) is 0. The van der Waals surface area contributed by atoms with Gasteiger partial charge in [0.25, 0.3) is 0 Å². The molecule has 2 rings (SSSR count). The largest absolute Gasteiger partial charge is 0.454 e. The van der Waals surface area contributed by atoms with Crippen LogP contribution in [0.3, 0.4) is 0 Å². The number of ether oxygens (including phenoxy) is 1. The topological polar surface area (TPSA) is 61.3 Å². The fraction of sp³-hybridized carbons (Fsp3) is 0. The molecule has 0 saturated heterocycles. The number of hydrogen-bond acceptors (Lipinski definition) is 3. The van der Waals surface area contributed by atoms with Gasteiger partial charge < -0.3 is 16.2 Å². The zero-order chi connectivity index (χ0) is 11.5. The second-order valence-corrected chi connectivity index (χ2v) is 3.70. The maximum absolute atomic E-state index is 5.97. The van der Waals surface area contributed by atoms with E-state index < -0.39 is 0 Å². The molecule has 4 N–H and O–H groups in total. The average Bonchev–Trinajstić information content (AvgIpc) is 2.28. The summed E-state index contributed by atoms with van der Waals surface area (Å²) in [5, 5.41) is 0.532. The van der Waals surface area contributed by atoms with Gasteiger partial charge in [0.1, 0.15) is 5.75 Å². The van der Waals surface area contributed by atoms with Crippen LogP contribution in [0.25, 0.3) is 0 Å². The van der Waals surface area contributed by atoms with Crippen LogP contribution >= 0.6 is 11.6 Å². The number of anilines is 2. The fourth-order valence-corrected chi connectivity index (χ4v) is 1.47. The third-order valence-electron chi connectivity index (χ3n) is 2.16. The first-order valence-corrected chi connectivity index (χ1v) is 5.12. The van der Waals surface area contributed by atoms with Crippen molar-refractivity contribution in [2.75, 3.05) is 11.5 Å². The fourth-order valence-electron chi connectivity index (χ4n) is 1.30. The van der Waals surface area contributed by atoms with E-state index in [0.717, 1.165) is 0 Å². The van der Waals surface area contributed by atoms with E-state index in [0.29, 0.717) is 27.9 Å². The highest BCUT2D eigenvalue weighted by molar-refractivity contribution is 6.32. The van der Waals surface area contributed by atoms with Crippen molar-refractivity contribution in [2.24, 2.45) is 0 Å². The molecule has 0 aliphatic rings. The second-order valence-electron chi connectivity index (χ2n) is 3.29. The van der Waals surface area contributed by atoms with E-state index in [1.165, 1.54) is 0 Å². The average molecular weight is 235 g/mol. The van der Waals surface area contributed by atoms with Crippen molar-refractivity contribution < 1.29 is 4.74 Å². The van der Waals surface area contributed by atoms with Gasteiger partial charge in [0.15, 0.2) is 5.75 Å². The van der Waals surface area contributed by atoms with E-state index in [2.05, 4.69) is 0 Å². The van der Waals surface area contributed by atoms with Crippen LogP contribution in [-0.4, -0.2) is 0 Å². The predicted molar refractivity (Wildman–Crippen MR) is 66.8 cm³/mol. The highest BCUT2D eigenvalue weighted by atomic mass is 35.5. The number of halogens is 1. The maximum atomic E-state index is 5.97. The zero-order valence-electron chi connectivity index (χ0n) is 8.48. The molecule has 0 radical (unpaired) electrons. The molecule has 3 nitrogen and oxygen atoms in total. The summed E-state index contributed by atoms with van der Waals surface area (Å²) in [5.74, 6) is 1.06. The molecule has 0 amide bonds. The normalized spacial score (nSPS) is 10.1. The van der Waals surface area contributed by atoms with Crippen molar-refractivity contribution in [3.8, 4) is 11.5 Å². The molecular formula is C12H11ClN2O. The predicted octanol–water partition coefficient (Wildman–Crippen LogP) is 3.30. The molecule has 0 aliphatic carbocycles. The molecule has 0 saturated carbocycles. The molecule has 0 bridgehead atoms. The molecule has 2 aromatic carbocycles. The molecule has 0 spiro atoms. The summed E-state index contributed by atoms with van der Waals surface area (Å²) >= 11 is 5.97. The van der Waals surface area contributed by atoms with Crippen LogP contribution in [0.5, 0.6) is 11.5 Å². The maximum Gasteiger partial charge on any atom is 0.152 e. The summed E-state index contributed by atoms with van der Waals surface area (Å²) in [5.41, 5.74) is 12.4. The monoisotopic (exact) mass is 234 g/mol. The van der Waals surface area contributed by atoms with Gasteiger partial charge in [-0.15, -0.1) is 0 Å². The van der Waals surface area contributed by atoms with Gasteiger partial charge in [0.2, 0.25) is 0 Å². The van der Waals surface area contributed by atoms with Gasteiger partial charge in [-0.2, -0.15) is 0 Å². The number of nitrogen functional groups attached to an aromatic ring is 2. The SMILES string of the molecule is Nc1cccc(Oc2ccccc2Cl)c1N. The Morgan fingerprint density at radius 1 is 0.875 bits per heavy atom. The molecule has 0 heterocycles. The first-order valence-electron chi connectivity index (χ1n) is 4.75. The van der Waals surface area contributed by atoms with Crippen LogP contribution in [0.1, 0.15) is 0 Å². The standard InChI is InChI=1S/C12H11ClN2O/c13-8-4-1-2-6-10(8)16-11-7-3-5-9(14)12(11)15/h1-7H,14-15H2. The molecule has 4 heteroatoms. The smallest absolute Gasteiger partial charge is 0.152 e. The van der Waals surface area contributed by atoms with Crippen LogP contribution in [0.2, 0.25) is 5.02 Å². The first kappa shape index (κ1) is 10.6. The van der Waals surface area contributed by atoms with Crippen molar-refractivity contribution in [3.63, 3.8) is 0 Å². The minimum atomic E-state index is 0.419. The van der Waals surface area contributed by atoms with E-state index in [1.54, 1.807) is 30.3 Å². The number of hydrogen-bond donors (Lipinski definition) is 2. The third-order valence-corrected chi connectivity index (χ3v) is 2.47. The first-order chi connectivity index (χ1) is 7.68. The van der Waals surface area contributed by atoms with E-state index in [1.807, 2.05) is 12.1 Å². The molecule has 82 valence electrons. The summed E-state index contributed by atoms with van der Waals surface area (Å²) in [6, 6.07) is 12.4. The van der Waals surface area contributed by atoms with Crippen LogP contribution in [0.4, 0.5) is 11.4 Å². The van der Waals surface area contributed by atoms with Gasteiger partial charge >= 0.3 is 0 Å². The van der Waals surface area contributed by atoms with Gasteiger partial charge in [-0.1, -0.05) is 29.8 Å². The Kier molecular flexibility index (Phi) is 2.88. The van der Waals surface area contributed by atoms with Gasteiger partial charge in [-0.05, 0) is 24.3 Å². The van der Waals surface area contributed by atoms with Crippen molar-refractivity contribution in [1.29, 1.82) is 0 Å². The van der Waals surface area contributed by atoms with Gasteiger partial charge in [-0.3, -0.25) is 0 Å². The highest BCUT2D eigenvalue weighted by Gasteiger charge is 2.06. The number of para-hydroxylation sites is 2. The third kappa shape index (κ3) is 2.04. The molecule has 0 fully saturated rings. The van der Waals surface area contributed by atoms with Gasteiger partial charge in [-0.25, -0.2) is 0 Å². The Hall–Kier alpha value is -1.87. The molecule has 0 atom stereocenters. The van der Waals surface area contributed by atoms with Crippen molar-refractivity contribution in [1.82, 2.24) is 0 Å². The van der Waals surface area contributed by atoms with Crippen LogP contribution < -0.4 is 16.2 Å². The van der Waals surface area contributed by atoms with Crippen molar-refractivity contribution in [3.05, 3.63) is 47.5 Å². The Morgan fingerprint density at radius 2 is 1.56 bits per heavy atom. The molecule has 0 unspecified atom stereocenters. The molecule has 16 heavy (non-hydrogen) atoms. The Bertz CT molecular complexity index is 514. The van der Waals surface area contributed by atoms with Crippen LogP contribution in [0.15, 0.2) is 42.5 Å². The second kappa shape index (κ2) is 4.33. The zero-order valence-corrected chi connectivity index (χ0v) is 9.24. The lowest BCUT2D eigenvalue weighted by molar-refractivity contribution is 0.485. The Morgan fingerprint density at radius 3 is 2.31 bits per heavy atom. The number of benzene rings is 2. The summed E-state index contributed by atoms with van der Waals surface area (Å²) in [6.07, 6.45) is 0. The molecular weight excluding hydrogens is 224 g/mol. The lowest BCUT2D eigenvalue weighted by atomic mass is 10.2. The molecule has 2 aromatic rings. The van der Waals surface area contributed by atoms with E-state index >= 15 is 0 Å².